The minimum absolute atomic E-state index is 0.191. The largest absolute Gasteiger partial charge is 0.445 e. The van der Waals surface area contributed by atoms with E-state index in [0.29, 0.717) is 12.0 Å². The van der Waals surface area contributed by atoms with Gasteiger partial charge in [0.15, 0.2) is 0 Å². The number of rotatable bonds is 2. The van der Waals surface area contributed by atoms with E-state index in [-0.39, 0.29) is 6.09 Å². The zero-order valence-corrected chi connectivity index (χ0v) is 10.4. The maximum Gasteiger partial charge on any atom is 0.410 e. The Morgan fingerprint density at radius 3 is 2.76 bits per heavy atom. The Balaban J connectivity index is 1.80. The average Bonchev–Trinajstić information content (AvgIpc) is 2.38. The first-order chi connectivity index (χ1) is 8.26. The Kier molecular flexibility index (Phi) is 4.05. The Morgan fingerprint density at radius 1 is 1.41 bits per heavy atom. The lowest BCUT2D eigenvalue weighted by Crippen LogP contribution is -2.49. The van der Waals surface area contributed by atoms with E-state index in [2.05, 4.69) is 11.9 Å². The van der Waals surface area contributed by atoms with Crippen molar-refractivity contribution < 1.29 is 9.53 Å². The summed E-state index contributed by atoms with van der Waals surface area (Å²) in [6.07, 6.45) is 6.18. The third-order valence-corrected chi connectivity index (χ3v) is 3.97. The van der Waals surface area contributed by atoms with Crippen LogP contribution in [-0.2, 0) is 4.74 Å². The molecule has 2 aliphatic rings. The van der Waals surface area contributed by atoms with E-state index in [9.17, 15) is 4.79 Å². The van der Waals surface area contributed by atoms with Crippen LogP contribution in [0.5, 0.6) is 0 Å². The van der Waals surface area contributed by atoms with Gasteiger partial charge in [-0.15, -0.1) is 0 Å². The molecule has 0 aromatic heterocycles. The third-order valence-electron chi connectivity index (χ3n) is 3.97. The van der Waals surface area contributed by atoms with E-state index >= 15 is 0 Å². The Hall–Kier alpha value is -1.03. The van der Waals surface area contributed by atoms with Gasteiger partial charge in [-0.2, -0.15) is 0 Å². The number of carbonyl (C=O) groups is 1. The zero-order valence-electron chi connectivity index (χ0n) is 10.4. The summed E-state index contributed by atoms with van der Waals surface area (Å²) in [5.41, 5.74) is 0.438. The summed E-state index contributed by atoms with van der Waals surface area (Å²) in [4.78, 5) is 13.5. The first-order valence-electron chi connectivity index (χ1n) is 6.49. The van der Waals surface area contributed by atoms with Crippen molar-refractivity contribution in [3.63, 3.8) is 0 Å². The van der Waals surface area contributed by atoms with Gasteiger partial charge in [0.2, 0.25) is 0 Å². The molecule has 4 nitrogen and oxygen atoms in total. The lowest BCUT2D eigenvalue weighted by molar-refractivity contribution is 0.0593. The standard InChI is InChI=1S/C13H22N2O2/c1-2-10-17-12(16)15-8-5-13(6-9-15)4-3-7-14-11-13/h2,14H,1,3-11H2. The Bertz CT molecular complexity index is 275. The average molecular weight is 238 g/mol. The van der Waals surface area contributed by atoms with Gasteiger partial charge >= 0.3 is 6.09 Å². The maximum absolute atomic E-state index is 11.7. The van der Waals surface area contributed by atoms with E-state index in [1.54, 1.807) is 6.08 Å². The van der Waals surface area contributed by atoms with Crippen molar-refractivity contribution in [1.82, 2.24) is 10.2 Å². The number of hydrogen-bond acceptors (Lipinski definition) is 3. The van der Waals surface area contributed by atoms with Crippen molar-refractivity contribution in [3.05, 3.63) is 12.7 Å². The minimum Gasteiger partial charge on any atom is -0.445 e. The fraction of sp³-hybridized carbons (Fsp3) is 0.769. The highest BCUT2D eigenvalue weighted by Gasteiger charge is 2.36. The lowest BCUT2D eigenvalue weighted by atomic mass is 9.73. The molecule has 0 atom stereocenters. The van der Waals surface area contributed by atoms with Gasteiger partial charge in [0, 0.05) is 19.6 Å². The van der Waals surface area contributed by atoms with E-state index < -0.39 is 0 Å². The molecule has 1 amide bonds. The molecule has 0 aromatic rings. The Labute approximate surface area is 103 Å². The van der Waals surface area contributed by atoms with Crippen molar-refractivity contribution >= 4 is 6.09 Å². The van der Waals surface area contributed by atoms with Gasteiger partial charge < -0.3 is 15.0 Å². The molecule has 0 aromatic carbocycles. The maximum atomic E-state index is 11.7. The minimum atomic E-state index is -0.191. The van der Waals surface area contributed by atoms with Gasteiger partial charge in [0.1, 0.15) is 6.61 Å². The first-order valence-corrected chi connectivity index (χ1v) is 6.49. The molecular weight excluding hydrogens is 216 g/mol. The molecule has 0 saturated carbocycles. The highest BCUT2D eigenvalue weighted by atomic mass is 16.6. The smallest absolute Gasteiger partial charge is 0.410 e. The molecule has 2 aliphatic heterocycles. The highest BCUT2D eigenvalue weighted by molar-refractivity contribution is 5.67. The van der Waals surface area contributed by atoms with Gasteiger partial charge in [0.25, 0.3) is 0 Å². The molecule has 0 aliphatic carbocycles. The topological polar surface area (TPSA) is 41.6 Å². The van der Waals surface area contributed by atoms with Gasteiger partial charge in [0.05, 0.1) is 0 Å². The summed E-state index contributed by atoms with van der Waals surface area (Å²) in [7, 11) is 0. The SMILES string of the molecule is C=CCOC(=O)N1CCC2(CCCNC2)CC1. The van der Waals surface area contributed by atoms with Crippen molar-refractivity contribution in [2.45, 2.75) is 25.7 Å². The number of amides is 1. The number of likely N-dealkylation sites (tertiary alicyclic amines) is 1. The molecule has 1 spiro atoms. The molecular formula is C13H22N2O2. The van der Waals surface area contributed by atoms with Gasteiger partial charge in [-0.1, -0.05) is 12.7 Å². The molecule has 1 N–H and O–H groups in total. The van der Waals surface area contributed by atoms with Gasteiger partial charge in [-0.3, -0.25) is 0 Å². The predicted molar refractivity (Wildman–Crippen MR) is 66.9 cm³/mol. The lowest BCUT2D eigenvalue weighted by Gasteiger charge is -2.44. The van der Waals surface area contributed by atoms with Crippen LogP contribution in [0.15, 0.2) is 12.7 Å². The number of ether oxygens (including phenoxy) is 1. The second-order valence-corrected chi connectivity index (χ2v) is 5.13. The van der Waals surface area contributed by atoms with Crippen molar-refractivity contribution in [2.24, 2.45) is 5.41 Å². The zero-order chi connectivity index (χ0) is 12.1. The second kappa shape index (κ2) is 5.54. The predicted octanol–water partition coefficient (Wildman–Crippen LogP) is 1.77. The Morgan fingerprint density at radius 2 is 2.18 bits per heavy atom. The van der Waals surface area contributed by atoms with Gasteiger partial charge in [-0.25, -0.2) is 4.79 Å². The third kappa shape index (κ3) is 3.00. The molecule has 2 rings (SSSR count). The quantitative estimate of drug-likeness (QED) is 0.746. The van der Waals surface area contributed by atoms with Crippen LogP contribution in [0, 0.1) is 5.41 Å². The summed E-state index contributed by atoms with van der Waals surface area (Å²) in [5, 5.41) is 3.48. The summed E-state index contributed by atoms with van der Waals surface area (Å²) in [6, 6.07) is 0. The normalized spacial score (nSPS) is 23.4. The number of nitrogens with one attached hydrogen (secondary N) is 1. The van der Waals surface area contributed by atoms with E-state index in [1.165, 1.54) is 12.8 Å². The van der Waals surface area contributed by atoms with Crippen molar-refractivity contribution in [1.29, 1.82) is 0 Å². The molecule has 2 heterocycles. The molecule has 0 bridgehead atoms. The number of hydrogen-bond donors (Lipinski definition) is 1. The molecule has 0 radical (unpaired) electrons. The molecule has 2 saturated heterocycles. The van der Waals surface area contributed by atoms with Crippen LogP contribution in [0.4, 0.5) is 4.79 Å². The molecule has 17 heavy (non-hydrogen) atoms. The second-order valence-electron chi connectivity index (χ2n) is 5.13. The molecule has 96 valence electrons. The molecule has 2 fully saturated rings. The molecule has 4 heteroatoms. The van der Waals surface area contributed by atoms with Crippen molar-refractivity contribution in [3.8, 4) is 0 Å². The van der Waals surface area contributed by atoms with E-state index in [0.717, 1.165) is 39.0 Å². The van der Waals surface area contributed by atoms with Crippen LogP contribution < -0.4 is 5.32 Å². The van der Waals surface area contributed by atoms with Crippen LogP contribution in [-0.4, -0.2) is 43.8 Å². The monoisotopic (exact) mass is 238 g/mol. The fourth-order valence-corrected chi connectivity index (χ4v) is 2.84. The van der Waals surface area contributed by atoms with Crippen LogP contribution in [0.2, 0.25) is 0 Å². The van der Waals surface area contributed by atoms with Crippen LogP contribution in [0.25, 0.3) is 0 Å². The summed E-state index contributed by atoms with van der Waals surface area (Å²) < 4.78 is 5.06. The summed E-state index contributed by atoms with van der Waals surface area (Å²) in [6.45, 7) is 7.77. The van der Waals surface area contributed by atoms with Crippen LogP contribution in [0.1, 0.15) is 25.7 Å². The summed E-state index contributed by atoms with van der Waals surface area (Å²) in [5.74, 6) is 0. The van der Waals surface area contributed by atoms with Gasteiger partial charge in [-0.05, 0) is 37.6 Å². The van der Waals surface area contributed by atoms with E-state index in [4.69, 9.17) is 4.74 Å². The number of nitrogens with zero attached hydrogens (tertiary/aromatic N) is 1. The number of piperidine rings is 2. The summed E-state index contributed by atoms with van der Waals surface area (Å²) >= 11 is 0. The fourth-order valence-electron chi connectivity index (χ4n) is 2.84. The van der Waals surface area contributed by atoms with E-state index in [1.807, 2.05) is 4.90 Å². The highest BCUT2D eigenvalue weighted by Crippen LogP contribution is 2.37. The number of carbonyl (C=O) groups excluding carboxylic acids is 1. The molecule has 0 unspecified atom stereocenters. The van der Waals surface area contributed by atoms with Crippen LogP contribution >= 0.6 is 0 Å². The first kappa shape index (κ1) is 12.4. The van der Waals surface area contributed by atoms with Crippen LogP contribution in [0.3, 0.4) is 0 Å². The van der Waals surface area contributed by atoms with Crippen molar-refractivity contribution in [2.75, 3.05) is 32.8 Å².